The van der Waals surface area contributed by atoms with Crippen LogP contribution >= 0.6 is 21.8 Å². The highest BCUT2D eigenvalue weighted by Gasteiger charge is 2.47. The summed E-state index contributed by atoms with van der Waals surface area (Å²) in [5, 5.41) is 5.51. The van der Waals surface area contributed by atoms with Gasteiger partial charge in [0.25, 0.3) is 0 Å². The number of halogens is 3. The molecule has 0 aliphatic rings. The summed E-state index contributed by atoms with van der Waals surface area (Å²) in [6, 6.07) is 17.6. The molecule has 0 aliphatic heterocycles. The normalized spacial score (nSPS) is 11.4. The fourth-order valence-electron chi connectivity index (χ4n) is 2.33. The molecule has 0 N–H and O–H groups in total. The average Bonchev–Trinajstić information content (AvgIpc) is 3.16. The summed E-state index contributed by atoms with van der Waals surface area (Å²) in [6.07, 6.45) is 0. The van der Waals surface area contributed by atoms with Crippen LogP contribution in [0.1, 0.15) is 0 Å². The molecule has 0 amide bonds. The monoisotopic (exact) mass is 337 g/mol. The van der Waals surface area contributed by atoms with Crippen LogP contribution in [0, 0.1) is 0 Å². The van der Waals surface area contributed by atoms with Crippen LogP contribution in [0.2, 0.25) is 0 Å². The molecule has 4 aromatic rings. The molecule has 22 heavy (non-hydrogen) atoms. The van der Waals surface area contributed by atoms with Crippen molar-refractivity contribution in [1.29, 1.82) is 0 Å². The molecule has 0 bridgehead atoms. The predicted molar refractivity (Wildman–Crippen MR) is 89.6 cm³/mol. The summed E-state index contributed by atoms with van der Waals surface area (Å²) in [5.41, 5.74) is -4.21. The van der Waals surface area contributed by atoms with Crippen molar-refractivity contribution in [3.8, 4) is 0 Å². The van der Waals surface area contributed by atoms with E-state index in [1.807, 2.05) is 22.9 Å². The molecule has 0 saturated heterocycles. The third kappa shape index (κ3) is 2.87. The van der Waals surface area contributed by atoms with Gasteiger partial charge in [-0.2, -0.15) is 11.3 Å². The molecule has 0 aliphatic carbocycles. The zero-order valence-electron chi connectivity index (χ0n) is 11.4. The summed E-state index contributed by atoms with van der Waals surface area (Å²) in [7, 11) is -1.79. The van der Waals surface area contributed by atoms with E-state index in [4.69, 9.17) is 0 Å². The van der Waals surface area contributed by atoms with Gasteiger partial charge in [0, 0.05) is 10.8 Å². The highest BCUT2D eigenvalue weighted by molar-refractivity contribution is 7.43. The minimum Gasteiger partial charge on any atom is -0.152 e. The lowest BCUT2D eigenvalue weighted by atomic mass is 10.2. The van der Waals surface area contributed by atoms with Gasteiger partial charge in [0.2, 0.25) is 0 Å². The summed E-state index contributed by atoms with van der Waals surface area (Å²) < 4.78 is 40.2. The van der Waals surface area contributed by atoms with Crippen LogP contribution < -0.4 is 0 Å². The van der Waals surface area contributed by atoms with Crippen molar-refractivity contribution in [3.05, 3.63) is 71.4 Å². The molecule has 0 saturated carbocycles. The van der Waals surface area contributed by atoms with E-state index in [-0.39, 0.29) is 0 Å². The van der Waals surface area contributed by atoms with Crippen molar-refractivity contribution in [1.82, 2.24) is 0 Å². The Kier molecular flexibility index (Phi) is 4.18. The van der Waals surface area contributed by atoms with Gasteiger partial charge in [0.05, 0.1) is 0 Å². The van der Waals surface area contributed by atoms with E-state index >= 15 is 0 Å². The Morgan fingerprint density at radius 1 is 0.682 bits per heavy atom. The second-order valence-electron chi connectivity index (χ2n) is 4.54. The molecule has 0 spiro atoms. The van der Waals surface area contributed by atoms with Crippen LogP contribution in [0.15, 0.2) is 71.4 Å². The minimum atomic E-state index is -4.21. The topological polar surface area (TPSA) is 0 Å². The maximum atomic E-state index is 13.1. The largest absolute Gasteiger partial charge is 0.601 e. The highest BCUT2D eigenvalue weighted by atomic mass is 32.2. The molecule has 2 aromatic heterocycles. The molecular weight excluding hydrogens is 325 g/mol. The molecule has 2 heterocycles. The van der Waals surface area contributed by atoms with E-state index in [9.17, 15) is 13.2 Å². The maximum absolute atomic E-state index is 13.1. The van der Waals surface area contributed by atoms with Crippen molar-refractivity contribution in [3.63, 3.8) is 0 Å². The van der Waals surface area contributed by atoms with Gasteiger partial charge in [-0.05, 0) is 35.0 Å². The van der Waals surface area contributed by atoms with Crippen LogP contribution in [0.5, 0.6) is 0 Å². The first-order chi connectivity index (χ1) is 10.6. The van der Waals surface area contributed by atoms with Crippen molar-refractivity contribution >= 4 is 42.0 Å². The summed E-state index contributed by atoms with van der Waals surface area (Å²) in [6.45, 7) is 0. The number of thiophene rings is 2. The van der Waals surface area contributed by atoms with Crippen molar-refractivity contribution in [2.45, 2.75) is 5.51 Å². The third-order valence-electron chi connectivity index (χ3n) is 3.16. The molecule has 0 unspecified atom stereocenters. The first-order valence-electron chi connectivity index (χ1n) is 6.56. The number of alkyl halides is 3. The van der Waals surface area contributed by atoms with Gasteiger partial charge in [0.15, 0.2) is 9.40 Å². The Morgan fingerprint density at radius 2 is 1.14 bits per heavy atom. The lowest BCUT2D eigenvalue weighted by molar-refractivity contribution is -0.0862. The van der Waals surface area contributed by atoms with Crippen LogP contribution in [0.4, 0.5) is 13.2 Å². The van der Waals surface area contributed by atoms with Gasteiger partial charge in [-0.15, -0.1) is 13.2 Å². The highest BCUT2D eigenvalue weighted by Crippen LogP contribution is 2.53. The van der Waals surface area contributed by atoms with Gasteiger partial charge in [-0.1, -0.05) is 36.4 Å². The smallest absolute Gasteiger partial charge is 0.152 e. The predicted octanol–water partition coefficient (Wildman–Crippen LogP) is 6.97. The molecule has 0 atom stereocenters. The minimum absolute atomic E-state index is 0.390. The first kappa shape index (κ1) is 15.1. The number of rotatable bonds is 0. The van der Waals surface area contributed by atoms with Crippen LogP contribution in [-0.2, 0) is 5.51 Å². The Morgan fingerprint density at radius 3 is 1.50 bits per heavy atom. The Balaban J connectivity index is 0.000000246. The molecule has 4 rings (SSSR count). The molecular formula is C17H12F3S2+. The maximum Gasteiger partial charge on any atom is 0.601 e. The van der Waals surface area contributed by atoms with E-state index in [2.05, 4.69) is 0 Å². The molecule has 2 aromatic carbocycles. The average molecular weight is 337 g/mol. The molecule has 5 heteroatoms. The molecule has 0 radical (unpaired) electrons. The van der Waals surface area contributed by atoms with Gasteiger partial charge >= 0.3 is 5.51 Å². The van der Waals surface area contributed by atoms with E-state index < -0.39 is 16.0 Å². The Hall–Kier alpha value is -1.85. The van der Waals surface area contributed by atoms with Gasteiger partial charge < -0.3 is 0 Å². The fraction of sp³-hybridized carbons (Fsp3) is 0.0588. The number of hydrogen-bond donors (Lipinski definition) is 0. The SMILES string of the molecule is FC(F)(F)[s+]1c2ccccc2c2ccccc21.c1ccsc1. The lowest BCUT2D eigenvalue weighted by Crippen LogP contribution is -1.94. The van der Waals surface area contributed by atoms with Crippen LogP contribution in [-0.4, -0.2) is 0 Å². The standard InChI is InChI=1S/C13H8F3S.C4H4S/c14-13(15,16)17-11-7-3-1-5-9(11)10-6-2-4-8-12(10)17;1-2-4-5-3-1/h1-8H;1-4H/q+1;. The van der Waals surface area contributed by atoms with Crippen molar-refractivity contribution in [2.24, 2.45) is 0 Å². The van der Waals surface area contributed by atoms with E-state index in [0.717, 1.165) is 0 Å². The summed E-state index contributed by atoms with van der Waals surface area (Å²) in [4.78, 5) is 0. The molecule has 0 fully saturated rings. The van der Waals surface area contributed by atoms with Gasteiger partial charge in [0.1, 0.15) is 10.5 Å². The number of benzene rings is 2. The zero-order valence-corrected chi connectivity index (χ0v) is 13.0. The second kappa shape index (κ2) is 6.10. The van der Waals surface area contributed by atoms with E-state index in [1.165, 1.54) is 0 Å². The van der Waals surface area contributed by atoms with Gasteiger partial charge in [-0.25, -0.2) is 0 Å². The molecule has 112 valence electrons. The number of hydrogen-bond acceptors (Lipinski definition) is 1. The Bertz CT molecular complexity index is 803. The lowest BCUT2D eigenvalue weighted by Gasteiger charge is -1.95. The second-order valence-corrected chi connectivity index (χ2v) is 7.31. The van der Waals surface area contributed by atoms with Crippen LogP contribution in [0.25, 0.3) is 20.2 Å². The zero-order chi connectivity index (χ0) is 15.6. The summed E-state index contributed by atoms with van der Waals surface area (Å²) in [5.74, 6) is 0. The van der Waals surface area contributed by atoms with Gasteiger partial charge in [-0.3, -0.25) is 0 Å². The first-order valence-corrected chi connectivity index (χ1v) is 8.72. The number of fused-ring (bicyclic) bond motifs is 3. The van der Waals surface area contributed by atoms with Crippen molar-refractivity contribution in [2.75, 3.05) is 0 Å². The Labute approximate surface area is 132 Å². The van der Waals surface area contributed by atoms with E-state index in [1.54, 1.807) is 59.9 Å². The van der Waals surface area contributed by atoms with E-state index in [0.29, 0.717) is 20.2 Å². The summed E-state index contributed by atoms with van der Waals surface area (Å²) >= 11 is 1.71. The van der Waals surface area contributed by atoms with Crippen LogP contribution in [0.3, 0.4) is 0 Å². The fourth-order valence-corrected chi connectivity index (χ4v) is 4.74. The van der Waals surface area contributed by atoms with Crippen molar-refractivity contribution < 1.29 is 13.2 Å². The third-order valence-corrected chi connectivity index (χ3v) is 5.84. The molecule has 0 nitrogen and oxygen atoms in total. The quantitative estimate of drug-likeness (QED) is 0.304.